The molecule has 0 bridgehead atoms. The Balaban J connectivity index is 1.74. The SMILES string of the molecule is Cc1cccc(N2C(=O)/C(=C/c3ccc4c(c3)n(C)c(=O)n4C)SC2=S)c1. The highest BCUT2D eigenvalue weighted by Gasteiger charge is 2.33. The fraction of sp³-hybridized carbons (Fsp3) is 0.150. The van der Waals surface area contributed by atoms with Crippen molar-refractivity contribution in [2.24, 2.45) is 14.1 Å². The molecule has 3 aromatic rings. The predicted molar refractivity (Wildman–Crippen MR) is 115 cm³/mol. The van der Waals surface area contributed by atoms with Gasteiger partial charge in [0.25, 0.3) is 5.91 Å². The lowest BCUT2D eigenvalue weighted by atomic mass is 10.1. The molecule has 0 atom stereocenters. The maximum atomic E-state index is 12.9. The van der Waals surface area contributed by atoms with Crippen LogP contribution < -0.4 is 10.6 Å². The van der Waals surface area contributed by atoms with Gasteiger partial charge in [0.1, 0.15) is 0 Å². The highest BCUT2D eigenvalue weighted by atomic mass is 32.2. The first-order valence-corrected chi connectivity index (χ1v) is 9.59. The van der Waals surface area contributed by atoms with Crippen LogP contribution in [0.15, 0.2) is 52.2 Å². The van der Waals surface area contributed by atoms with Gasteiger partial charge in [0.15, 0.2) is 4.32 Å². The van der Waals surface area contributed by atoms with Gasteiger partial charge in [-0.15, -0.1) is 0 Å². The molecule has 0 N–H and O–H groups in total. The summed E-state index contributed by atoms with van der Waals surface area (Å²) in [6, 6.07) is 13.4. The van der Waals surface area contributed by atoms with Crippen LogP contribution in [0.1, 0.15) is 11.1 Å². The third kappa shape index (κ3) is 2.93. The number of benzene rings is 2. The van der Waals surface area contributed by atoms with E-state index in [1.54, 1.807) is 28.1 Å². The number of anilines is 1. The van der Waals surface area contributed by atoms with Crippen LogP contribution in [0, 0.1) is 6.92 Å². The number of thioether (sulfide) groups is 1. The van der Waals surface area contributed by atoms with Crippen molar-refractivity contribution in [3.63, 3.8) is 0 Å². The summed E-state index contributed by atoms with van der Waals surface area (Å²) in [7, 11) is 3.49. The fourth-order valence-corrected chi connectivity index (χ4v) is 4.52. The number of carbonyl (C=O) groups excluding carboxylic acids is 1. The molecule has 1 aliphatic heterocycles. The van der Waals surface area contributed by atoms with Gasteiger partial charge in [0.05, 0.1) is 21.6 Å². The molecule has 27 heavy (non-hydrogen) atoms. The maximum Gasteiger partial charge on any atom is 0.328 e. The number of thiocarbonyl (C=S) groups is 1. The van der Waals surface area contributed by atoms with Crippen molar-refractivity contribution in [3.05, 3.63) is 69.0 Å². The summed E-state index contributed by atoms with van der Waals surface area (Å²) in [5, 5.41) is 0. The zero-order valence-electron chi connectivity index (χ0n) is 15.1. The molecule has 0 aliphatic carbocycles. The molecule has 0 saturated carbocycles. The molecule has 0 radical (unpaired) electrons. The van der Waals surface area contributed by atoms with Gasteiger partial charge in [-0.3, -0.25) is 18.8 Å². The smallest absolute Gasteiger partial charge is 0.295 e. The number of nitrogens with zero attached hydrogens (tertiary/aromatic N) is 3. The highest BCUT2D eigenvalue weighted by molar-refractivity contribution is 8.27. The average Bonchev–Trinajstić information content (AvgIpc) is 3.03. The number of hydrogen-bond donors (Lipinski definition) is 0. The molecule has 1 fully saturated rings. The zero-order chi connectivity index (χ0) is 19.3. The van der Waals surface area contributed by atoms with Crippen molar-refractivity contribution < 1.29 is 4.79 Å². The molecule has 4 rings (SSSR count). The van der Waals surface area contributed by atoms with Gasteiger partial charge in [-0.2, -0.15) is 0 Å². The molecule has 0 unspecified atom stereocenters. The van der Waals surface area contributed by atoms with Crippen molar-refractivity contribution in [1.29, 1.82) is 0 Å². The van der Waals surface area contributed by atoms with Gasteiger partial charge in [-0.05, 0) is 48.4 Å². The Morgan fingerprint density at radius 3 is 2.48 bits per heavy atom. The molecule has 1 aromatic heterocycles. The maximum absolute atomic E-state index is 12.9. The second-order valence-corrected chi connectivity index (χ2v) is 8.18. The summed E-state index contributed by atoms with van der Waals surface area (Å²) in [5.74, 6) is -0.127. The van der Waals surface area contributed by atoms with Crippen molar-refractivity contribution in [2.75, 3.05) is 4.90 Å². The summed E-state index contributed by atoms with van der Waals surface area (Å²) in [6.45, 7) is 1.98. The van der Waals surface area contributed by atoms with E-state index in [-0.39, 0.29) is 11.6 Å². The third-order valence-electron chi connectivity index (χ3n) is 4.65. The average molecular weight is 396 g/mol. The minimum Gasteiger partial charge on any atom is -0.295 e. The van der Waals surface area contributed by atoms with Gasteiger partial charge < -0.3 is 0 Å². The number of fused-ring (bicyclic) bond motifs is 1. The molecule has 0 spiro atoms. The monoisotopic (exact) mass is 395 g/mol. The second kappa shape index (κ2) is 6.51. The van der Waals surface area contributed by atoms with Crippen LogP contribution in [-0.4, -0.2) is 19.4 Å². The Morgan fingerprint density at radius 1 is 1.00 bits per heavy atom. The second-order valence-electron chi connectivity index (χ2n) is 6.50. The van der Waals surface area contributed by atoms with E-state index in [0.717, 1.165) is 27.8 Å². The first-order valence-electron chi connectivity index (χ1n) is 8.37. The Bertz CT molecular complexity index is 1200. The van der Waals surface area contributed by atoms with E-state index in [2.05, 4.69) is 0 Å². The summed E-state index contributed by atoms with van der Waals surface area (Å²) in [4.78, 5) is 27.1. The number of amides is 1. The van der Waals surface area contributed by atoms with E-state index in [0.29, 0.717) is 9.23 Å². The number of aromatic nitrogens is 2. The molecule has 1 aliphatic rings. The Labute approximate surface area is 165 Å². The van der Waals surface area contributed by atoms with Gasteiger partial charge in [0.2, 0.25) is 0 Å². The van der Waals surface area contributed by atoms with E-state index < -0.39 is 0 Å². The Morgan fingerprint density at radius 2 is 1.74 bits per heavy atom. The van der Waals surface area contributed by atoms with Crippen LogP contribution in [0.25, 0.3) is 17.1 Å². The summed E-state index contributed by atoms with van der Waals surface area (Å²) in [6.07, 6.45) is 1.83. The zero-order valence-corrected chi connectivity index (χ0v) is 16.7. The van der Waals surface area contributed by atoms with Crippen molar-refractivity contribution in [1.82, 2.24) is 9.13 Å². The van der Waals surface area contributed by atoms with E-state index >= 15 is 0 Å². The number of imidazole rings is 1. The molecule has 7 heteroatoms. The van der Waals surface area contributed by atoms with E-state index in [4.69, 9.17) is 12.2 Å². The van der Waals surface area contributed by atoms with E-state index in [1.165, 1.54) is 11.8 Å². The summed E-state index contributed by atoms with van der Waals surface area (Å²) >= 11 is 6.72. The molecular formula is C20H17N3O2S2. The summed E-state index contributed by atoms with van der Waals surface area (Å²) in [5.41, 5.74) is 4.31. The Kier molecular flexibility index (Phi) is 4.28. The Hall–Kier alpha value is -2.64. The molecule has 1 saturated heterocycles. The number of aryl methyl sites for hydroxylation is 3. The van der Waals surface area contributed by atoms with Gasteiger partial charge in [0, 0.05) is 14.1 Å². The largest absolute Gasteiger partial charge is 0.328 e. The molecule has 5 nitrogen and oxygen atoms in total. The lowest BCUT2D eigenvalue weighted by Crippen LogP contribution is -2.27. The third-order valence-corrected chi connectivity index (χ3v) is 5.95. The summed E-state index contributed by atoms with van der Waals surface area (Å²) < 4.78 is 3.73. The first kappa shape index (κ1) is 17.8. The lowest BCUT2D eigenvalue weighted by molar-refractivity contribution is -0.113. The minimum atomic E-state index is -0.127. The topological polar surface area (TPSA) is 47.2 Å². The van der Waals surface area contributed by atoms with Gasteiger partial charge >= 0.3 is 5.69 Å². The van der Waals surface area contributed by atoms with Crippen molar-refractivity contribution in [3.8, 4) is 0 Å². The number of carbonyl (C=O) groups is 1. The predicted octanol–water partition coefficient (Wildman–Crippen LogP) is 3.59. The fourth-order valence-electron chi connectivity index (χ4n) is 3.22. The van der Waals surface area contributed by atoms with Crippen LogP contribution >= 0.6 is 24.0 Å². The van der Waals surface area contributed by atoms with Gasteiger partial charge in [-0.1, -0.05) is 42.2 Å². The highest BCUT2D eigenvalue weighted by Crippen LogP contribution is 2.36. The molecule has 136 valence electrons. The van der Waals surface area contributed by atoms with Crippen LogP contribution in [0.3, 0.4) is 0 Å². The molecule has 2 heterocycles. The van der Waals surface area contributed by atoms with Crippen molar-refractivity contribution in [2.45, 2.75) is 6.92 Å². The molecular weight excluding hydrogens is 378 g/mol. The molecule has 1 amide bonds. The number of rotatable bonds is 2. The number of hydrogen-bond acceptors (Lipinski definition) is 4. The van der Waals surface area contributed by atoms with Crippen LogP contribution in [0.2, 0.25) is 0 Å². The normalized spacial score (nSPS) is 16.1. The first-order chi connectivity index (χ1) is 12.9. The lowest BCUT2D eigenvalue weighted by Gasteiger charge is -2.14. The minimum absolute atomic E-state index is 0.0760. The van der Waals surface area contributed by atoms with Crippen molar-refractivity contribution >= 4 is 57.0 Å². The van der Waals surface area contributed by atoms with Crippen LogP contribution in [-0.2, 0) is 18.9 Å². The van der Waals surface area contributed by atoms with Crippen LogP contribution in [0.5, 0.6) is 0 Å². The molecule has 2 aromatic carbocycles. The quantitative estimate of drug-likeness (QED) is 0.491. The van der Waals surface area contributed by atoms with E-state index in [1.807, 2.05) is 55.5 Å². The standard InChI is InChI=1S/C20H17N3O2S2/c1-12-5-4-6-14(9-12)23-18(24)17(27-20(23)26)11-13-7-8-15-16(10-13)22(3)19(25)21(15)2/h4-11H,1-3H3/b17-11-. The van der Waals surface area contributed by atoms with Gasteiger partial charge in [-0.25, -0.2) is 4.79 Å². The van der Waals surface area contributed by atoms with E-state index in [9.17, 15) is 9.59 Å². The van der Waals surface area contributed by atoms with Crippen LogP contribution in [0.4, 0.5) is 5.69 Å².